The summed E-state index contributed by atoms with van der Waals surface area (Å²) in [5.74, 6) is 0. The molecule has 0 spiro atoms. The van der Waals surface area contributed by atoms with E-state index < -0.39 is 0 Å². The Morgan fingerprint density at radius 1 is 1.33 bits per heavy atom. The first-order valence-corrected chi connectivity index (χ1v) is 2.52. The van der Waals surface area contributed by atoms with Gasteiger partial charge in [-0.2, -0.15) is 30.3 Å². The van der Waals surface area contributed by atoms with Crippen LogP contribution in [0.1, 0.15) is 5.56 Å². The predicted molar refractivity (Wildman–Crippen MR) is 35.4 cm³/mol. The van der Waals surface area contributed by atoms with E-state index in [1.54, 1.807) is 0 Å². The maximum atomic E-state index is 3.62. The number of rotatable bonds is 1. The van der Waals surface area contributed by atoms with Crippen molar-refractivity contribution in [1.82, 2.24) is 0 Å². The van der Waals surface area contributed by atoms with E-state index in [0.29, 0.717) is 0 Å². The largest absolute Gasteiger partial charge is 0.184 e. The molecule has 0 aliphatic carbocycles. The van der Waals surface area contributed by atoms with E-state index in [-0.39, 0.29) is 19.5 Å². The molecule has 0 N–H and O–H groups in total. The summed E-state index contributed by atoms with van der Waals surface area (Å²) in [6.45, 7) is 3.62. The maximum absolute atomic E-state index is 3.62. The minimum Gasteiger partial charge on any atom is -0.184 e. The molecule has 0 unspecified atom stereocenters. The van der Waals surface area contributed by atoms with Gasteiger partial charge >= 0.3 is 0 Å². The fraction of sp³-hybridized carbons (Fsp3) is 0. The summed E-state index contributed by atoms with van der Waals surface area (Å²) in [5.41, 5.74) is 1.14. The van der Waals surface area contributed by atoms with Crippen LogP contribution in [0.25, 0.3) is 6.08 Å². The molecule has 0 amide bonds. The SMILES string of the molecule is C=Cc1cc[c-]cc1.[Zn]. The summed E-state index contributed by atoms with van der Waals surface area (Å²) in [4.78, 5) is 0. The van der Waals surface area contributed by atoms with Gasteiger partial charge in [-0.1, -0.05) is 6.08 Å². The van der Waals surface area contributed by atoms with Crippen LogP contribution in [0, 0.1) is 6.07 Å². The average molecular weight is 169 g/mol. The Morgan fingerprint density at radius 2 is 1.89 bits per heavy atom. The minimum absolute atomic E-state index is 0. The van der Waals surface area contributed by atoms with E-state index in [4.69, 9.17) is 0 Å². The molecule has 0 saturated carbocycles. The van der Waals surface area contributed by atoms with Gasteiger partial charge < -0.3 is 0 Å². The molecule has 1 rings (SSSR count). The van der Waals surface area contributed by atoms with Gasteiger partial charge in [0.05, 0.1) is 0 Å². The zero-order valence-electron chi connectivity index (χ0n) is 5.30. The van der Waals surface area contributed by atoms with Crippen LogP contribution in [0.2, 0.25) is 0 Å². The molecule has 0 atom stereocenters. The Labute approximate surface area is 68.4 Å². The van der Waals surface area contributed by atoms with Crippen molar-refractivity contribution in [2.24, 2.45) is 0 Å². The van der Waals surface area contributed by atoms with Gasteiger partial charge in [-0.15, -0.1) is 12.1 Å². The van der Waals surface area contributed by atoms with Gasteiger partial charge in [-0.05, 0) is 0 Å². The van der Waals surface area contributed by atoms with Gasteiger partial charge in [0.15, 0.2) is 0 Å². The molecule has 0 bridgehead atoms. The van der Waals surface area contributed by atoms with Gasteiger partial charge in [-0.25, -0.2) is 0 Å². The summed E-state index contributed by atoms with van der Waals surface area (Å²) >= 11 is 0. The van der Waals surface area contributed by atoms with Crippen molar-refractivity contribution in [2.45, 2.75) is 0 Å². The Kier molecular flexibility index (Phi) is 4.25. The van der Waals surface area contributed by atoms with Crippen LogP contribution < -0.4 is 0 Å². The normalized spacial score (nSPS) is 7.56. The molecule has 1 aromatic carbocycles. The van der Waals surface area contributed by atoms with Crippen molar-refractivity contribution >= 4 is 6.08 Å². The first-order valence-electron chi connectivity index (χ1n) is 2.52. The van der Waals surface area contributed by atoms with Gasteiger partial charge in [0.1, 0.15) is 0 Å². The number of hydrogen-bond donors (Lipinski definition) is 0. The Morgan fingerprint density at radius 3 is 2.22 bits per heavy atom. The number of benzene rings is 1. The summed E-state index contributed by atoms with van der Waals surface area (Å²) in [5, 5.41) is 0. The Balaban J connectivity index is 0.000000640. The molecule has 1 heteroatoms. The van der Waals surface area contributed by atoms with E-state index in [0.717, 1.165) is 5.56 Å². The molecule has 1 aromatic rings. The zero-order chi connectivity index (χ0) is 5.82. The van der Waals surface area contributed by atoms with E-state index >= 15 is 0 Å². The molecular formula is C8H7Zn-. The minimum atomic E-state index is 0. The Bertz CT molecular complexity index is 167. The predicted octanol–water partition coefficient (Wildman–Crippen LogP) is 2.13. The van der Waals surface area contributed by atoms with Gasteiger partial charge in [0, 0.05) is 19.5 Å². The molecule has 0 aliphatic rings. The van der Waals surface area contributed by atoms with Gasteiger partial charge in [-0.3, -0.25) is 0 Å². The Hall–Kier alpha value is -0.417. The first-order chi connectivity index (χ1) is 3.93. The third kappa shape index (κ3) is 2.57. The van der Waals surface area contributed by atoms with Crippen LogP contribution >= 0.6 is 0 Å². The summed E-state index contributed by atoms with van der Waals surface area (Å²) in [7, 11) is 0. The fourth-order valence-electron chi connectivity index (χ4n) is 0.536. The van der Waals surface area contributed by atoms with E-state index in [1.807, 2.05) is 30.3 Å². The van der Waals surface area contributed by atoms with E-state index in [9.17, 15) is 0 Å². The van der Waals surface area contributed by atoms with Crippen LogP contribution in [-0.2, 0) is 19.5 Å². The van der Waals surface area contributed by atoms with Crippen LogP contribution in [0.4, 0.5) is 0 Å². The van der Waals surface area contributed by atoms with Crippen molar-refractivity contribution in [3.63, 3.8) is 0 Å². The molecule has 0 fully saturated rings. The van der Waals surface area contributed by atoms with E-state index in [2.05, 4.69) is 12.6 Å². The smallest absolute Gasteiger partial charge is 0 e. The second-order valence-corrected chi connectivity index (χ2v) is 1.54. The van der Waals surface area contributed by atoms with Gasteiger partial charge in [0.2, 0.25) is 0 Å². The van der Waals surface area contributed by atoms with E-state index in [1.165, 1.54) is 0 Å². The summed E-state index contributed by atoms with van der Waals surface area (Å²) in [6.07, 6.45) is 1.81. The van der Waals surface area contributed by atoms with Crippen LogP contribution in [0.15, 0.2) is 30.8 Å². The monoisotopic (exact) mass is 167 g/mol. The number of hydrogen-bond acceptors (Lipinski definition) is 0. The second-order valence-electron chi connectivity index (χ2n) is 1.54. The van der Waals surface area contributed by atoms with Crippen molar-refractivity contribution in [3.05, 3.63) is 42.5 Å². The molecule has 0 nitrogen and oxygen atoms in total. The fourth-order valence-corrected chi connectivity index (χ4v) is 0.536. The molecular weight excluding hydrogens is 161 g/mol. The molecule has 0 aromatic heterocycles. The van der Waals surface area contributed by atoms with Crippen LogP contribution in [0.5, 0.6) is 0 Å². The first kappa shape index (κ1) is 8.58. The summed E-state index contributed by atoms with van der Waals surface area (Å²) < 4.78 is 0. The quantitative estimate of drug-likeness (QED) is 0.445. The van der Waals surface area contributed by atoms with Crippen molar-refractivity contribution in [3.8, 4) is 0 Å². The van der Waals surface area contributed by atoms with Crippen molar-refractivity contribution in [1.29, 1.82) is 0 Å². The van der Waals surface area contributed by atoms with Crippen molar-refractivity contribution in [2.75, 3.05) is 0 Å². The van der Waals surface area contributed by atoms with Crippen LogP contribution in [-0.4, -0.2) is 0 Å². The molecule has 42 valence electrons. The zero-order valence-corrected chi connectivity index (χ0v) is 8.27. The third-order valence-corrected chi connectivity index (χ3v) is 0.980. The van der Waals surface area contributed by atoms with Gasteiger partial charge in [0.25, 0.3) is 0 Å². The third-order valence-electron chi connectivity index (χ3n) is 0.980. The molecule has 0 radical (unpaired) electrons. The second kappa shape index (κ2) is 4.46. The topological polar surface area (TPSA) is 0 Å². The van der Waals surface area contributed by atoms with Crippen LogP contribution in [0.3, 0.4) is 0 Å². The average Bonchev–Trinajstić information content (AvgIpc) is 1.90. The molecule has 0 aliphatic heterocycles. The molecule has 0 saturated heterocycles. The molecule has 9 heavy (non-hydrogen) atoms. The maximum Gasteiger partial charge on any atom is 0 e. The molecule has 0 heterocycles. The standard InChI is InChI=1S/C8H7.Zn/c1-2-8-6-4-3-5-7-8;/h2,4-7H,1H2;/q-1;. The summed E-state index contributed by atoms with van der Waals surface area (Å²) in [6, 6.07) is 10.6. The van der Waals surface area contributed by atoms with Crippen molar-refractivity contribution < 1.29 is 19.5 Å².